The molecule has 0 heterocycles. The molecule has 3 aromatic carbocycles. The van der Waals surface area contributed by atoms with Crippen LogP contribution in [0.5, 0.6) is 5.75 Å². The first-order valence-corrected chi connectivity index (χ1v) is 11.8. The number of nitrogens with zero attached hydrogens (tertiary/aromatic N) is 1. The quantitative estimate of drug-likeness (QED) is 0.514. The fourth-order valence-electron chi connectivity index (χ4n) is 3.15. The number of benzene rings is 3. The summed E-state index contributed by atoms with van der Waals surface area (Å²) in [6.07, 6.45) is 0. The van der Waals surface area contributed by atoms with E-state index in [1.165, 1.54) is 24.3 Å². The summed E-state index contributed by atoms with van der Waals surface area (Å²) in [7, 11) is -2.41. The number of rotatable bonds is 8. The molecule has 0 spiro atoms. The van der Waals surface area contributed by atoms with Crippen LogP contribution in [-0.2, 0) is 14.8 Å². The molecule has 0 bridgehead atoms. The predicted molar refractivity (Wildman–Crippen MR) is 127 cm³/mol. The fraction of sp³-hybridized carbons (Fsp3) is 0.208. The number of hydrogen-bond acceptors (Lipinski definition) is 4. The van der Waals surface area contributed by atoms with Crippen molar-refractivity contribution < 1.29 is 17.9 Å². The van der Waals surface area contributed by atoms with Crippen LogP contribution < -0.4 is 14.4 Å². The molecule has 0 aromatic heterocycles. The molecule has 0 unspecified atom stereocenters. The standard InChI is InChI=1S/C24H25ClN2O4S/c1-17-4-10-21(11-5-17)27(32(29,30)23-14-8-20(25)9-15-23)16-24(28)26-18(2)19-6-12-22(31-3)13-7-19/h4-15,18H,16H2,1-3H3,(H,26,28)/t18-/m1/s1. The lowest BCUT2D eigenvalue weighted by atomic mass is 10.1. The zero-order valence-electron chi connectivity index (χ0n) is 18.1. The van der Waals surface area contributed by atoms with E-state index < -0.39 is 15.9 Å². The minimum absolute atomic E-state index is 0.0541. The SMILES string of the molecule is COc1ccc([C@@H](C)NC(=O)CN(c2ccc(C)cc2)S(=O)(=O)c2ccc(Cl)cc2)cc1. The van der Waals surface area contributed by atoms with Gasteiger partial charge in [-0.25, -0.2) is 8.42 Å². The zero-order valence-corrected chi connectivity index (χ0v) is 19.7. The highest BCUT2D eigenvalue weighted by molar-refractivity contribution is 7.92. The van der Waals surface area contributed by atoms with Crippen molar-refractivity contribution in [3.63, 3.8) is 0 Å². The molecule has 1 N–H and O–H groups in total. The molecule has 1 amide bonds. The highest BCUT2D eigenvalue weighted by Crippen LogP contribution is 2.25. The number of carbonyl (C=O) groups excluding carboxylic acids is 1. The van der Waals surface area contributed by atoms with E-state index in [4.69, 9.17) is 16.3 Å². The summed E-state index contributed by atoms with van der Waals surface area (Å²) < 4.78 is 33.0. The van der Waals surface area contributed by atoms with Crippen LogP contribution >= 0.6 is 11.6 Å². The van der Waals surface area contributed by atoms with Crippen LogP contribution in [0.3, 0.4) is 0 Å². The highest BCUT2D eigenvalue weighted by Gasteiger charge is 2.27. The monoisotopic (exact) mass is 472 g/mol. The van der Waals surface area contributed by atoms with Crippen molar-refractivity contribution in [2.45, 2.75) is 24.8 Å². The Balaban J connectivity index is 1.85. The van der Waals surface area contributed by atoms with Gasteiger partial charge in [0.1, 0.15) is 12.3 Å². The van der Waals surface area contributed by atoms with Gasteiger partial charge in [0.05, 0.1) is 23.7 Å². The second kappa shape index (κ2) is 10.1. The van der Waals surface area contributed by atoms with Crippen molar-refractivity contribution in [2.75, 3.05) is 18.0 Å². The number of anilines is 1. The summed E-state index contributed by atoms with van der Waals surface area (Å²) >= 11 is 5.91. The summed E-state index contributed by atoms with van der Waals surface area (Å²) in [5.74, 6) is 0.290. The molecular weight excluding hydrogens is 448 g/mol. The molecule has 0 radical (unpaired) electrons. The van der Waals surface area contributed by atoms with Crippen molar-refractivity contribution in [1.82, 2.24) is 5.32 Å². The third kappa shape index (κ3) is 5.60. The normalized spacial score (nSPS) is 12.1. The number of carbonyl (C=O) groups is 1. The summed E-state index contributed by atoms with van der Waals surface area (Å²) in [5, 5.41) is 3.30. The van der Waals surface area contributed by atoms with Crippen LogP contribution in [0.2, 0.25) is 5.02 Å². The van der Waals surface area contributed by atoms with Gasteiger partial charge in [-0.1, -0.05) is 41.4 Å². The number of amides is 1. The van der Waals surface area contributed by atoms with E-state index in [9.17, 15) is 13.2 Å². The minimum Gasteiger partial charge on any atom is -0.497 e. The molecule has 3 aromatic rings. The summed E-state index contributed by atoms with van der Waals surface area (Å²) in [6, 6.07) is 19.9. The Kier molecular flexibility index (Phi) is 7.43. The Bertz CT molecular complexity index is 1160. The number of methoxy groups -OCH3 is 1. The second-order valence-electron chi connectivity index (χ2n) is 7.36. The molecule has 0 saturated heterocycles. The first-order chi connectivity index (χ1) is 15.2. The average Bonchev–Trinajstić information content (AvgIpc) is 2.78. The number of nitrogens with one attached hydrogen (secondary N) is 1. The van der Waals surface area contributed by atoms with E-state index in [2.05, 4.69) is 5.32 Å². The van der Waals surface area contributed by atoms with Gasteiger partial charge in [-0.05, 0) is 67.9 Å². The molecule has 32 heavy (non-hydrogen) atoms. The molecule has 8 heteroatoms. The van der Waals surface area contributed by atoms with Gasteiger partial charge in [0.15, 0.2) is 0 Å². The molecule has 3 rings (SSSR count). The highest BCUT2D eigenvalue weighted by atomic mass is 35.5. The van der Waals surface area contributed by atoms with Gasteiger partial charge in [0.25, 0.3) is 10.0 Å². The second-order valence-corrected chi connectivity index (χ2v) is 9.66. The Morgan fingerprint density at radius 2 is 1.59 bits per heavy atom. The van der Waals surface area contributed by atoms with Crippen LogP contribution in [0.1, 0.15) is 24.1 Å². The van der Waals surface area contributed by atoms with Crippen LogP contribution in [0, 0.1) is 6.92 Å². The average molecular weight is 473 g/mol. The van der Waals surface area contributed by atoms with E-state index in [0.717, 1.165) is 15.4 Å². The van der Waals surface area contributed by atoms with E-state index in [1.54, 1.807) is 31.4 Å². The number of aryl methyl sites for hydroxylation is 1. The van der Waals surface area contributed by atoms with Crippen LogP contribution in [0.15, 0.2) is 77.7 Å². The molecule has 1 atom stereocenters. The smallest absolute Gasteiger partial charge is 0.264 e. The molecule has 0 aliphatic rings. The molecule has 0 aliphatic carbocycles. The van der Waals surface area contributed by atoms with Gasteiger partial charge in [-0.2, -0.15) is 0 Å². The Morgan fingerprint density at radius 1 is 1.00 bits per heavy atom. The molecule has 6 nitrogen and oxygen atoms in total. The predicted octanol–water partition coefficient (Wildman–Crippen LogP) is 4.73. The van der Waals surface area contributed by atoms with E-state index in [1.807, 2.05) is 38.1 Å². The molecule has 0 saturated carbocycles. The number of halogens is 1. The van der Waals surface area contributed by atoms with Crippen LogP contribution in [0.4, 0.5) is 5.69 Å². The molecule has 168 valence electrons. The van der Waals surface area contributed by atoms with Gasteiger partial charge in [-0.3, -0.25) is 9.10 Å². The van der Waals surface area contributed by atoms with Gasteiger partial charge in [0, 0.05) is 5.02 Å². The lowest BCUT2D eigenvalue weighted by Crippen LogP contribution is -2.41. The lowest BCUT2D eigenvalue weighted by Gasteiger charge is -2.25. The summed E-state index contributed by atoms with van der Waals surface area (Å²) in [6.45, 7) is 3.38. The van der Waals surface area contributed by atoms with Gasteiger partial charge < -0.3 is 10.1 Å². The van der Waals surface area contributed by atoms with Crippen molar-refractivity contribution in [2.24, 2.45) is 0 Å². The maximum Gasteiger partial charge on any atom is 0.264 e. The lowest BCUT2D eigenvalue weighted by molar-refractivity contribution is -0.120. The minimum atomic E-state index is -3.99. The number of hydrogen-bond donors (Lipinski definition) is 1. The molecule has 0 aliphatic heterocycles. The van der Waals surface area contributed by atoms with Gasteiger partial charge in [0.2, 0.25) is 5.91 Å². The van der Waals surface area contributed by atoms with E-state index in [-0.39, 0.29) is 17.5 Å². The van der Waals surface area contributed by atoms with Gasteiger partial charge >= 0.3 is 0 Å². The Hall–Kier alpha value is -3.03. The van der Waals surface area contributed by atoms with Crippen LogP contribution in [-0.4, -0.2) is 28.0 Å². The molecule has 0 fully saturated rings. The number of sulfonamides is 1. The first kappa shape index (κ1) is 23.6. The maximum absolute atomic E-state index is 13.4. The van der Waals surface area contributed by atoms with Crippen molar-refractivity contribution in [1.29, 1.82) is 0 Å². The van der Waals surface area contributed by atoms with Crippen molar-refractivity contribution >= 4 is 33.2 Å². The maximum atomic E-state index is 13.4. The largest absolute Gasteiger partial charge is 0.497 e. The van der Waals surface area contributed by atoms with E-state index in [0.29, 0.717) is 16.5 Å². The Labute approximate surface area is 193 Å². The number of ether oxygens (including phenoxy) is 1. The van der Waals surface area contributed by atoms with Crippen molar-refractivity contribution in [3.8, 4) is 5.75 Å². The molecular formula is C24H25ClN2O4S. The van der Waals surface area contributed by atoms with Gasteiger partial charge in [-0.15, -0.1) is 0 Å². The van der Waals surface area contributed by atoms with E-state index >= 15 is 0 Å². The third-order valence-corrected chi connectivity index (χ3v) is 7.04. The Morgan fingerprint density at radius 3 is 2.16 bits per heavy atom. The fourth-order valence-corrected chi connectivity index (χ4v) is 4.70. The third-order valence-electron chi connectivity index (χ3n) is 5.00. The summed E-state index contributed by atoms with van der Waals surface area (Å²) in [4.78, 5) is 12.9. The first-order valence-electron chi connectivity index (χ1n) is 9.99. The zero-order chi connectivity index (χ0) is 23.3. The van der Waals surface area contributed by atoms with Crippen molar-refractivity contribution in [3.05, 3.63) is 88.9 Å². The summed E-state index contributed by atoms with van der Waals surface area (Å²) in [5.41, 5.74) is 2.26. The van der Waals surface area contributed by atoms with Crippen LogP contribution in [0.25, 0.3) is 0 Å². The topological polar surface area (TPSA) is 75.7 Å².